The maximum absolute atomic E-state index is 15.0. The molecule has 0 saturated carbocycles. The number of fused-ring (bicyclic) bond motifs is 1. The third-order valence-corrected chi connectivity index (χ3v) is 6.75. The molecule has 0 saturated heterocycles. The molecule has 0 aromatic heterocycles. The Balaban J connectivity index is 1.72. The summed E-state index contributed by atoms with van der Waals surface area (Å²) in [4.78, 5) is 18.7. The van der Waals surface area contributed by atoms with Gasteiger partial charge in [-0.25, -0.2) is 13.8 Å². The minimum absolute atomic E-state index is 0.00687. The van der Waals surface area contributed by atoms with Crippen LogP contribution in [0.4, 0.5) is 14.5 Å². The number of nitrogens with zero attached hydrogens (tertiary/aromatic N) is 2. The van der Waals surface area contributed by atoms with Crippen LogP contribution in [0, 0.1) is 17.0 Å². The van der Waals surface area contributed by atoms with E-state index >= 15 is 0 Å². The van der Waals surface area contributed by atoms with E-state index in [2.05, 4.69) is 10.3 Å². The van der Waals surface area contributed by atoms with Gasteiger partial charge in [0.1, 0.15) is 17.2 Å². The summed E-state index contributed by atoms with van der Waals surface area (Å²) in [5.74, 6) is -0.844. The van der Waals surface area contributed by atoms with Gasteiger partial charge in [0.25, 0.3) is 0 Å². The van der Waals surface area contributed by atoms with Crippen LogP contribution < -0.4 is 11.1 Å². The Morgan fingerprint density at radius 1 is 1.17 bits per heavy atom. The second-order valence-corrected chi connectivity index (χ2v) is 8.80. The van der Waals surface area contributed by atoms with Crippen molar-refractivity contribution in [1.29, 1.82) is 0 Å². The number of anilines is 1. The first kappa shape index (κ1) is 20.3. The molecule has 30 heavy (non-hydrogen) atoms. The van der Waals surface area contributed by atoms with Gasteiger partial charge < -0.3 is 11.1 Å². The van der Waals surface area contributed by atoms with Gasteiger partial charge in [0.05, 0.1) is 11.5 Å². The van der Waals surface area contributed by atoms with Gasteiger partial charge in [0, 0.05) is 18.3 Å². The summed E-state index contributed by atoms with van der Waals surface area (Å²) in [7, 11) is 1.57. The van der Waals surface area contributed by atoms with E-state index in [1.807, 2.05) is 0 Å². The normalized spacial score (nSPS) is 25.1. The molecular formula is C23H26F2N4O. The number of carbonyl (C=O) groups is 1. The number of hydrogen-bond acceptors (Lipinski definition) is 4. The molecule has 1 unspecified atom stereocenters. The zero-order chi connectivity index (χ0) is 21.8. The average molecular weight is 412 g/mol. The summed E-state index contributed by atoms with van der Waals surface area (Å²) >= 11 is 0. The van der Waals surface area contributed by atoms with E-state index in [1.54, 1.807) is 52.1 Å². The van der Waals surface area contributed by atoms with Crippen molar-refractivity contribution in [3.8, 4) is 0 Å². The lowest BCUT2D eigenvalue weighted by Gasteiger charge is -2.46. The smallest absolute Gasteiger partial charge is 0.237 e. The molecule has 2 atom stereocenters. The van der Waals surface area contributed by atoms with Crippen LogP contribution in [-0.4, -0.2) is 23.8 Å². The zero-order valence-corrected chi connectivity index (χ0v) is 17.6. The van der Waals surface area contributed by atoms with E-state index in [0.29, 0.717) is 11.3 Å². The van der Waals surface area contributed by atoms with Crippen molar-refractivity contribution in [1.82, 2.24) is 4.90 Å². The number of carbonyl (C=O) groups excluding carboxylic acids is 1. The highest BCUT2D eigenvalue weighted by atomic mass is 19.1. The molecule has 0 spiro atoms. The van der Waals surface area contributed by atoms with Gasteiger partial charge in [-0.05, 0) is 75.1 Å². The summed E-state index contributed by atoms with van der Waals surface area (Å²) in [5.41, 5.74) is 6.86. The molecule has 5 nitrogen and oxygen atoms in total. The van der Waals surface area contributed by atoms with Crippen molar-refractivity contribution >= 4 is 17.6 Å². The van der Waals surface area contributed by atoms with E-state index in [-0.39, 0.29) is 23.7 Å². The third kappa shape index (κ3) is 2.95. The quantitative estimate of drug-likeness (QED) is 0.798. The van der Waals surface area contributed by atoms with Gasteiger partial charge in [-0.1, -0.05) is 6.07 Å². The fraction of sp³-hybridized carbons (Fsp3) is 0.391. The molecule has 1 heterocycles. The summed E-state index contributed by atoms with van der Waals surface area (Å²) in [5, 5.41) is 3.43. The molecule has 0 fully saturated rings. The number of benzene rings is 2. The molecule has 2 aromatic carbocycles. The van der Waals surface area contributed by atoms with E-state index in [9.17, 15) is 13.6 Å². The van der Waals surface area contributed by atoms with Crippen LogP contribution in [0.3, 0.4) is 0 Å². The van der Waals surface area contributed by atoms with E-state index in [4.69, 9.17) is 5.73 Å². The van der Waals surface area contributed by atoms with E-state index < -0.39 is 16.8 Å². The Labute approximate surface area is 175 Å². The maximum Gasteiger partial charge on any atom is 0.237 e. The largest absolute Gasteiger partial charge is 0.378 e. The number of nitrogens with one attached hydrogen (secondary N) is 1. The van der Waals surface area contributed by atoms with Gasteiger partial charge in [-0.3, -0.25) is 9.69 Å². The highest BCUT2D eigenvalue weighted by Crippen LogP contribution is 2.48. The number of guanidine groups is 1. The molecule has 1 amide bonds. The molecule has 1 aliphatic carbocycles. The van der Waals surface area contributed by atoms with Crippen molar-refractivity contribution in [2.45, 2.75) is 45.2 Å². The third-order valence-electron chi connectivity index (χ3n) is 6.75. The summed E-state index contributed by atoms with van der Waals surface area (Å²) in [6, 6.07) is 9.58. The van der Waals surface area contributed by atoms with E-state index in [1.165, 1.54) is 17.0 Å². The minimum atomic E-state index is -1.17. The van der Waals surface area contributed by atoms with Crippen molar-refractivity contribution in [2.75, 3.05) is 12.4 Å². The molecule has 1 aliphatic heterocycles. The van der Waals surface area contributed by atoms with Crippen LogP contribution in [0.2, 0.25) is 0 Å². The summed E-state index contributed by atoms with van der Waals surface area (Å²) < 4.78 is 28.5. The second-order valence-electron chi connectivity index (χ2n) is 8.80. The molecule has 158 valence electrons. The lowest BCUT2D eigenvalue weighted by atomic mass is 9.67. The van der Waals surface area contributed by atoms with Crippen LogP contribution in [0.15, 0.2) is 41.4 Å². The lowest BCUT2D eigenvalue weighted by Crippen LogP contribution is -2.58. The van der Waals surface area contributed by atoms with Gasteiger partial charge in [0.15, 0.2) is 5.96 Å². The molecule has 2 aromatic rings. The Morgan fingerprint density at radius 3 is 2.63 bits per heavy atom. The van der Waals surface area contributed by atoms with Gasteiger partial charge >= 0.3 is 0 Å². The van der Waals surface area contributed by atoms with Crippen LogP contribution >= 0.6 is 0 Å². The van der Waals surface area contributed by atoms with Gasteiger partial charge in [-0.15, -0.1) is 0 Å². The first-order chi connectivity index (χ1) is 14.0. The Hall–Kier alpha value is -2.96. The molecule has 0 bridgehead atoms. The van der Waals surface area contributed by atoms with Crippen LogP contribution in [0.25, 0.3) is 0 Å². The predicted octanol–water partition coefficient (Wildman–Crippen LogP) is 4.09. The maximum atomic E-state index is 15.0. The first-order valence-electron chi connectivity index (χ1n) is 10.0. The number of aliphatic imine (C=N–C) groups is 1. The Morgan fingerprint density at radius 2 is 1.90 bits per heavy atom. The highest BCUT2D eigenvalue weighted by Gasteiger charge is 2.53. The Bertz CT molecular complexity index is 1070. The molecule has 4 rings (SSSR count). The van der Waals surface area contributed by atoms with Crippen LogP contribution in [-0.2, 0) is 16.8 Å². The standard InChI is InChI=1S/C23H26F2N4O/c1-22(2)20(30)29(4)21(26)28-23(22,3)17-12-15(7-9-18(17)25)27-19-10-5-13-11-14(24)6-8-16(13)19/h6-9,11-12,19,27H,5,10H2,1-4H3,(H2,26,28)/t19?,23-/m1/s1. The number of aryl methyl sites for hydroxylation is 1. The number of nitrogens with two attached hydrogens (primary N) is 1. The summed E-state index contributed by atoms with van der Waals surface area (Å²) in [6.07, 6.45) is 1.61. The van der Waals surface area contributed by atoms with Gasteiger partial charge in [-0.2, -0.15) is 0 Å². The zero-order valence-electron chi connectivity index (χ0n) is 17.6. The monoisotopic (exact) mass is 412 g/mol. The number of rotatable bonds is 3. The molecular weight excluding hydrogens is 386 g/mol. The molecule has 7 heteroatoms. The fourth-order valence-corrected chi connectivity index (χ4v) is 4.50. The molecule has 0 radical (unpaired) electrons. The number of amides is 1. The topological polar surface area (TPSA) is 70.7 Å². The number of halogens is 2. The predicted molar refractivity (Wildman–Crippen MR) is 113 cm³/mol. The Kier molecular flexibility index (Phi) is 4.60. The summed E-state index contributed by atoms with van der Waals surface area (Å²) in [6.45, 7) is 5.24. The van der Waals surface area contributed by atoms with Crippen LogP contribution in [0.5, 0.6) is 0 Å². The lowest BCUT2D eigenvalue weighted by molar-refractivity contribution is -0.140. The number of hydrogen-bond donors (Lipinski definition) is 2. The van der Waals surface area contributed by atoms with Crippen molar-refractivity contribution in [3.05, 3.63) is 64.7 Å². The SMILES string of the molecule is CN1C(=O)C(C)(C)[C@@](C)(c2cc(NC3CCc4cc(F)ccc43)ccc2F)N=C1N. The van der Waals surface area contributed by atoms with Crippen molar-refractivity contribution in [3.63, 3.8) is 0 Å². The minimum Gasteiger partial charge on any atom is -0.378 e. The van der Waals surface area contributed by atoms with Crippen molar-refractivity contribution in [2.24, 2.45) is 16.1 Å². The highest BCUT2D eigenvalue weighted by molar-refractivity contribution is 6.01. The average Bonchev–Trinajstić information content (AvgIpc) is 3.08. The van der Waals surface area contributed by atoms with Crippen LogP contribution in [0.1, 0.15) is 49.9 Å². The van der Waals surface area contributed by atoms with Crippen molar-refractivity contribution < 1.29 is 13.6 Å². The molecule has 3 N–H and O–H groups in total. The fourth-order valence-electron chi connectivity index (χ4n) is 4.50. The second kappa shape index (κ2) is 6.79. The van der Waals surface area contributed by atoms with Gasteiger partial charge in [0.2, 0.25) is 5.91 Å². The first-order valence-corrected chi connectivity index (χ1v) is 10.0. The van der Waals surface area contributed by atoms with E-state index in [0.717, 1.165) is 24.0 Å². The molecule has 2 aliphatic rings.